The van der Waals surface area contributed by atoms with Crippen LogP contribution in [0.5, 0.6) is 0 Å². The molecular formula is C18H18BrNO3S2. The minimum atomic E-state index is -2.93. The van der Waals surface area contributed by atoms with Crippen molar-refractivity contribution < 1.29 is 13.2 Å². The van der Waals surface area contributed by atoms with Gasteiger partial charge in [-0.3, -0.25) is 4.79 Å². The van der Waals surface area contributed by atoms with Crippen molar-refractivity contribution in [3.63, 3.8) is 0 Å². The molecule has 4 nitrogen and oxygen atoms in total. The van der Waals surface area contributed by atoms with Gasteiger partial charge in [-0.1, -0.05) is 28.1 Å². The molecule has 2 aromatic carbocycles. The van der Waals surface area contributed by atoms with E-state index < -0.39 is 9.84 Å². The molecule has 1 heterocycles. The van der Waals surface area contributed by atoms with Crippen molar-refractivity contribution in [3.8, 4) is 0 Å². The van der Waals surface area contributed by atoms with Gasteiger partial charge >= 0.3 is 0 Å². The van der Waals surface area contributed by atoms with Crippen LogP contribution in [0.4, 0.5) is 5.69 Å². The summed E-state index contributed by atoms with van der Waals surface area (Å²) >= 11 is 4.92. The SMILES string of the molecule is Cc1cc(NC(=O)c2ccccc2SC2CCS(=O)(=O)C2)ccc1Br. The van der Waals surface area contributed by atoms with Gasteiger partial charge in [0, 0.05) is 20.3 Å². The zero-order chi connectivity index (χ0) is 18.0. The highest BCUT2D eigenvalue weighted by Gasteiger charge is 2.29. The van der Waals surface area contributed by atoms with E-state index in [1.54, 1.807) is 6.07 Å². The molecule has 0 spiro atoms. The van der Waals surface area contributed by atoms with Crippen molar-refractivity contribution in [2.75, 3.05) is 16.8 Å². The fraction of sp³-hybridized carbons (Fsp3) is 0.278. The molecule has 25 heavy (non-hydrogen) atoms. The topological polar surface area (TPSA) is 63.2 Å². The fourth-order valence-electron chi connectivity index (χ4n) is 2.71. The Morgan fingerprint density at radius 1 is 1.24 bits per heavy atom. The minimum Gasteiger partial charge on any atom is -0.322 e. The number of sulfone groups is 1. The highest BCUT2D eigenvalue weighted by Crippen LogP contribution is 2.33. The molecule has 1 amide bonds. The first kappa shape index (κ1) is 18.5. The van der Waals surface area contributed by atoms with Crippen LogP contribution in [0, 0.1) is 6.92 Å². The Labute approximate surface area is 160 Å². The molecule has 0 aromatic heterocycles. The summed E-state index contributed by atoms with van der Waals surface area (Å²) in [5, 5.41) is 2.92. The second-order valence-corrected chi connectivity index (χ2v) is 10.5. The van der Waals surface area contributed by atoms with Crippen molar-refractivity contribution in [3.05, 3.63) is 58.1 Å². The number of benzene rings is 2. The Balaban J connectivity index is 1.77. The molecule has 0 bridgehead atoms. The summed E-state index contributed by atoms with van der Waals surface area (Å²) in [6.07, 6.45) is 0.634. The molecular weight excluding hydrogens is 422 g/mol. The number of nitrogens with one attached hydrogen (secondary N) is 1. The average molecular weight is 440 g/mol. The van der Waals surface area contributed by atoms with Gasteiger partial charge in [0.25, 0.3) is 5.91 Å². The van der Waals surface area contributed by atoms with Crippen LogP contribution < -0.4 is 5.32 Å². The van der Waals surface area contributed by atoms with Crippen LogP contribution in [0.2, 0.25) is 0 Å². The van der Waals surface area contributed by atoms with E-state index in [2.05, 4.69) is 21.2 Å². The van der Waals surface area contributed by atoms with Gasteiger partial charge in [-0.05, 0) is 49.2 Å². The molecule has 1 fully saturated rings. The number of rotatable bonds is 4. The summed E-state index contributed by atoms with van der Waals surface area (Å²) in [7, 11) is -2.93. The lowest BCUT2D eigenvalue weighted by Gasteiger charge is -2.13. The first-order valence-electron chi connectivity index (χ1n) is 7.88. The summed E-state index contributed by atoms with van der Waals surface area (Å²) in [5.74, 6) is 0.224. The normalized spacial score (nSPS) is 18.9. The van der Waals surface area contributed by atoms with Gasteiger partial charge in [0.2, 0.25) is 0 Å². The van der Waals surface area contributed by atoms with E-state index in [4.69, 9.17) is 0 Å². The van der Waals surface area contributed by atoms with Gasteiger partial charge in [0.05, 0.1) is 17.1 Å². The Bertz CT molecular complexity index is 912. The third kappa shape index (κ3) is 4.65. The summed E-state index contributed by atoms with van der Waals surface area (Å²) in [4.78, 5) is 13.5. The van der Waals surface area contributed by atoms with Crippen LogP contribution in [0.15, 0.2) is 51.8 Å². The van der Waals surface area contributed by atoms with Crippen molar-refractivity contribution >= 4 is 49.1 Å². The zero-order valence-corrected chi connectivity index (χ0v) is 16.9. The van der Waals surface area contributed by atoms with E-state index in [0.717, 1.165) is 20.6 Å². The lowest BCUT2D eigenvalue weighted by atomic mass is 10.2. The predicted octanol–water partition coefficient (Wildman–Crippen LogP) is 4.29. The number of carbonyl (C=O) groups excluding carboxylic acids is 1. The molecule has 1 N–H and O–H groups in total. The summed E-state index contributed by atoms with van der Waals surface area (Å²) in [5.41, 5.74) is 2.34. The highest BCUT2D eigenvalue weighted by molar-refractivity contribution is 9.10. The molecule has 1 aliphatic rings. The third-order valence-electron chi connectivity index (χ3n) is 4.03. The first-order valence-corrected chi connectivity index (χ1v) is 11.4. The highest BCUT2D eigenvalue weighted by atomic mass is 79.9. The Hall–Kier alpha value is -1.31. The van der Waals surface area contributed by atoms with E-state index in [-0.39, 0.29) is 22.7 Å². The first-order chi connectivity index (χ1) is 11.8. The van der Waals surface area contributed by atoms with Crippen molar-refractivity contribution in [1.29, 1.82) is 0 Å². The summed E-state index contributed by atoms with van der Waals surface area (Å²) < 4.78 is 24.3. The lowest BCUT2D eigenvalue weighted by Crippen LogP contribution is -2.14. The van der Waals surface area contributed by atoms with Crippen LogP contribution in [0.1, 0.15) is 22.3 Å². The maximum Gasteiger partial charge on any atom is 0.256 e. The minimum absolute atomic E-state index is 0.00822. The van der Waals surface area contributed by atoms with E-state index in [0.29, 0.717) is 12.0 Å². The quantitative estimate of drug-likeness (QED) is 0.771. The van der Waals surface area contributed by atoms with Crippen LogP contribution in [-0.2, 0) is 9.84 Å². The molecule has 1 unspecified atom stereocenters. The summed E-state index contributed by atoms with van der Waals surface area (Å²) in [6.45, 7) is 1.96. The Morgan fingerprint density at radius 3 is 2.68 bits per heavy atom. The maximum atomic E-state index is 12.7. The molecule has 0 aliphatic carbocycles. The monoisotopic (exact) mass is 439 g/mol. The molecule has 0 saturated carbocycles. The van der Waals surface area contributed by atoms with Gasteiger partial charge < -0.3 is 5.32 Å². The van der Waals surface area contributed by atoms with Gasteiger partial charge in [-0.15, -0.1) is 11.8 Å². The number of hydrogen-bond acceptors (Lipinski definition) is 4. The van der Waals surface area contributed by atoms with Gasteiger partial charge in [-0.25, -0.2) is 8.42 Å². The predicted molar refractivity (Wildman–Crippen MR) is 106 cm³/mol. The van der Waals surface area contributed by atoms with Crippen LogP contribution in [-0.4, -0.2) is 31.1 Å². The molecule has 0 radical (unpaired) electrons. The largest absolute Gasteiger partial charge is 0.322 e. The second-order valence-electron chi connectivity index (χ2n) is 6.06. The van der Waals surface area contributed by atoms with Crippen molar-refractivity contribution in [1.82, 2.24) is 0 Å². The third-order valence-corrected chi connectivity index (χ3v) is 8.25. The lowest BCUT2D eigenvalue weighted by molar-refractivity contribution is 0.102. The maximum absolute atomic E-state index is 12.7. The number of thioether (sulfide) groups is 1. The number of halogens is 1. The van der Waals surface area contributed by atoms with Crippen molar-refractivity contribution in [2.45, 2.75) is 23.5 Å². The molecule has 1 atom stereocenters. The van der Waals surface area contributed by atoms with E-state index in [1.807, 2.05) is 43.3 Å². The molecule has 3 rings (SSSR count). The number of hydrogen-bond donors (Lipinski definition) is 1. The zero-order valence-electron chi connectivity index (χ0n) is 13.7. The van der Waals surface area contributed by atoms with Gasteiger partial charge in [0.1, 0.15) is 0 Å². The molecule has 7 heteroatoms. The smallest absolute Gasteiger partial charge is 0.256 e. The number of amides is 1. The second kappa shape index (κ2) is 7.51. The van der Waals surface area contributed by atoms with Crippen LogP contribution >= 0.6 is 27.7 Å². The Kier molecular flexibility index (Phi) is 5.55. The molecule has 132 valence electrons. The molecule has 1 saturated heterocycles. The number of carbonyl (C=O) groups is 1. The average Bonchev–Trinajstić information content (AvgIpc) is 2.90. The van der Waals surface area contributed by atoms with Gasteiger partial charge in [0.15, 0.2) is 9.84 Å². The number of anilines is 1. The van der Waals surface area contributed by atoms with Crippen LogP contribution in [0.25, 0.3) is 0 Å². The van der Waals surface area contributed by atoms with E-state index >= 15 is 0 Å². The van der Waals surface area contributed by atoms with Gasteiger partial charge in [-0.2, -0.15) is 0 Å². The fourth-order valence-corrected chi connectivity index (χ4v) is 6.58. The molecule has 1 aliphatic heterocycles. The van der Waals surface area contributed by atoms with E-state index in [9.17, 15) is 13.2 Å². The summed E-state index contributed by atoms with van der Waals surface area (Å²) in [6, 6.07) is 13.0. The number of aryl methyl sites for hydroxylation is 1. The standard InChI is InChI=1S/C18H18BrNO3S2/c1-12-10-13(6-7-16(12)19)20-18(21)15-4-2-3-5-17(15)24-14-8-9-25(22,23)11-14/h2-7,10,14H,8-9,11H2,1H3,(H,20,21). The molecule has 2 aromatic rings. The van der Waals surface area contributed by atoms with Crippen LogP contribution in [0.3, 0.4) is 0 Å². The van der Waals surface area contributed by atoms with Crippen molar-refractivity contribution in [2.24, 2.45) is 0 Å². The Morgan fingerprint density at radius 2 is 2.00 bits per heavy atom. The van der Waals surface area contributed by atoms with E-state index in [1.165, 1.54) is 11.8 Å².